The molecular weight excluding hydrogens is 685 g/mol. The number of carbonyl (C=O) groups excluding carboxylic acids is 4. The number of benzene rings is 2. The molecule has 3 heterocycles. The van der Waals surface area contributed by atoms with E-state index in [0.717, 1.165) is 31.5 Å². The number of fused-ring (bicyclic) bond motifs is 1. The van der Waals surface area contributed by atoms with Crippen LogP contribution in [0.2, 0.25) is 0 Å². The van der Waals surface area contributed by atoms with Crippen molar-refractivity contribution in [3.8, 4) is 5.75 Å². The summed E-state index contributed by atoms with van der Waals surface area (Å²) in [6, 6.07) is 12.5. The highest BCUT2D eigenvalue weighted by Crippen LogP contribution is 2.45. The van der Waals surface area contributed by atoms with Crippen LogP contribution in [-0.4, -0.2) is 86.3 Å². The number of hydrogen-bond acceptors (Lipinski definition) is 13. The number of nitrogens with one attached hydrogen (secondary N) is 2. The molecule has 2 unspecified atom stereocenters. The Morgan fingerprint density at radius 1 is 1.21 bits per heavy atom. The summed E-state index contributed by atoms with van der Waals surface area (Å²) in [7, 11) is 5.35. The number of amides is 3. The van der Waals surface area contributed by atoms with E-state index in [1.54, 1.807) is 38.3 Å². The normalized spacial score (nSPS) is 16.9. The topological polar surface area (TPSA) is 163 Å². The summed E-state index contributed by atoms with van der Waals surface area (Å²) in [5.41, 5.74) is 1.76. The van der Waals surface area contributed by atoms with E-state index < -0.39 is 35.2 Å². The summed E-state index contributed by atoms with van der Waals surface area (Å²) in [5.74, 6) is -1.36. The van der Waals surface area contributed by atoms with Crippen LogP contribution in [0.4, 0.5) is 5.13 Å². The first-order valence-corrected chi connectivity index (χ1v) is 17.7. The fourth-order valence-electron chi connectivity index (χ4n) is 4.62. The first kappa shape index (κ1) is 33.9. The molecule has 1 fully saturated rings. The van der Waals surface area contributed by atoms with Gasteiger partial charge in [0.15, 0.2) is 28.3 Å². The lowest BCUT2D eigenvalue weighted by molar-refractivity contribution is -0.753. The van der Waals surface area contributed by atoms with Crippen molar-refractivity contribution >= 4 is 89.5 Å². The van der Waals surface area contributed by atoms with Gasteiger partial charge < -0.3 is 25.0 Å². The third-order valence-electron chi connectivity index (χ3n) is 6.83. The van der Waals surface area contributed by atoms with Crippen LogP contribution in [0, 0.1) is 0 Å². The smallest absolute Gasteiger partial charge is 0.340 e. The molecule has 3 atom stereocenters. The zero-order chi connectivity index (χ0) is 33.7. The van der Waals surface area contributed by atoms with Gasteiger partial charge in [-0.2, -0.15) is 0 Å². The summed E-state index contributed by atoms with van der Waals surface area (Å²) < 4.78 is 13.1. The lowest BCUT2D eigenvalue weighted by Gasteiger charge is -2.49. The van der Waals surface area contributed by atoms with E-state index >= 15 is 0 Å². The number of ether oxygens (including phenoxy) is 2. The molecule has 0 saturated carbocycles. The Kier molecular flexibility index (Phi) is 10.8. The number of β-lactam (4-membered cyclic amide) rings is 1. The Hall–Kier alpha value is -4.45. The summed E-state index contributed by atoms with van der Waals surface area (Å²) in [4.78, 5) is 61.7. The van der Waals surface area contributed by atoms with E-state index in [-0.39, 0.29) is 23.1 Å². The largest absolute Gasteiger partial charge is 0.497 e. The number of aromatic nitrogens is 2. The maximum atomic E-state index is 13.7. The number of carbonyl (C=O) groups is 4. The van der Waals surface area contributed by atoms with Crippen molar-refractivity contribution in [2.75, 3.05) is 19.5 Å². The maximum absolute atomic E-state index is 13.7. The Balaban J connectivity index is 1.38. The fraction of sp³-hybridized carbons (Fsp3) is 0.233. The molecule has 2 aromatic carbocycles. The van der Waals surface area contributed by atoms with Crippen LogP contribution < -0.4 is 15.4 Å². The van der Waals surface area contributed by atoms with Crippen molar-refractivity contribution in [1.29, 1.82) is 0 Å². The van der Waals surface area contributed by atoms with Crippen molar-refractivity contribution < 1.29 is 38.6 Å². The van der Waals surface area contributed by atoms with Gasteiger partial charge in [-0.15, -0.1) is 22.7 Å². The number of thiazole rings is 2. The van der Waals surface area contributed by atoms with Crippen LogP contribution in [0.25, 0.3) is 10.2 Å². The molecule has 1 aliphatic rings. The number of nitrogens with zero attached hydrogens (tertiary/aromatic N) is 4. The predicted octanol–water partition coefficient (Wildman–Crippen LogP) is 3.93. The number of hydrogen-bond donors (Lipinski definition) is 3. The van der Waals surface area contributed by atoms with Crippen LogP contribution in [0.3, 0.4) is 0 Å². The molecular formula is C30H29N6O7S4+. The van der Waals surface area contributed by atoms with Crippen LogP contribution in [0.5, 0.6) is 5.75 Å². The zero-order valence-corrected chi connectivity index (χ0v) is 28.5. The molecule has 2 aromatic heterocycles. The second-order valence-corrected chi connectivity index (χ2v) is 14.5. The standard InChI is InChI=1S/C30H28N6O7S4/c1-16(2)23(28(40)43-13-17-9-11-18(42-4)12-10-17)36-26(39)22(27(36)46-47-30-33-19-7-5-6-8-21(19)45-30)34-25(38)24(35(3)41)20-14-44-29(32-20)31-15-37/h5-12,14-15,22-23,27H,1,13H2,2-4H3,(H2-,31,32,34,37,38,41)/p+1/t22?,23?,27-/m0/s1. The lowest BCUT2D eigenvalue weighted by Crippen LogP contribution is -2.73. The number of likely N-dealkylation sites (tertiary alicyclic amines) is 1. The van der Waals surface area contributed by atoms with Crippen LogP contribution in [0.1, 0.15) is 18.2 Å². The van der Waals surface area contributed by atoms with Gasteiger partial charge in [-0.3, -0.25) is 19.6 Å². The second-order valence-electron chi connectivity index (χ2n) is 10.1. The van der Waals surface area contributed by atoms with E-state index in [1.807, 2.05) is 24.3 Å². The van der Waals surface area contributed by atoms with Crippen LogP contribution in [-0.2, 0) is 30.5 Å². The first-order valence-electron chi connectivity index (χ1n) is 13.8. The molecule has 244 valence electrons. The van der Waals surface area contributed by atoms with Crippen molar-refractivity contribution in [3.63, 3.8) is 0 Å². The van der Waals surface area contributed by atoms with Gasteiger partial charge in [-0.05, 0) is 57.9 Å². The average molecular weight is 714 g/mol. The van der Waals surface area contributed by atoms with Gasteiger partial charge in [-0.1, -0.05) is 41.6 Å². The van der Waals surface area contributed by atoms with Gasteiger partial charge in [0.05, 0.1) is 17.3 Å². The van der Waals surface area contributed by atoms with Crippen molar-refractivity contribution in [2.45, 2.75) is 35.3 Å². The van der Waals surface area contributed by atoms with E-state index in [1.165, 1.54) is 50.3 Å². The summed E-state index contributed by atoms with van der Waals surface area (Å²) in [5, 5.41) is 16.3. The number of rotatable bonds is 14. The number of anilines is 1. The molecule has 1 saturated heterocycles. The van der Waals surface area contributed by atoms with Crippen molar-refractivity contribution in [2.24, 2.45) is 0 Å². The molecule has 0 aliphatic carbocycles. The van der Waals surface area contributed by atoms with Crippen molar-refractivity contribution in [3.05, 3.63) is 77.3 Å². The molecule has 5 rings (SSSR count). The first-order chi connectivity index (χ1) is 22.6. The highest BCUT2D eigenvalue weighted by atomic mass is 33.1. The van der Waals surface area contributed by atoms with Crippen molar-refractivity contribution in [1.82, 2.24) is 20.2 Å². The summed E-state index contributed by atoms with van der Waals surface area (Å²) in [6.07, 6.45) is 0.442. The monoisotopic (exact) mass is 713 g/mol. The van der Waals surface area contributed by atoms with Gasteiger partial charge in [0.2, 0.25) is 12.3 Å². The Bertz CT molecular complexity index is 1820. The van der Waals surface area contributed by atoms with E-state index in [0.29, 0.717) is 22.5 Å². The molecule has 17 heteroatoms. The molecule has 3 N–H and O–H groups in total. The van der Waals surface area contributed by atoms with E-state index in [2.05, 4.69) is 27.2 Å². The number of esters is 1. The minimum absolute atomic E-state index is 0.0389. The quantitative estimate of drug-likeness (QED) is 0.0200. The molecule has 3 amide bonds. The Morgan fingerprint density at radius 3 is 2.62 bits per heavy atom. The van der Waals surface area contributed by atoms with Crippen LogP contribution >= 0.6 is 44.3 Å². The molecule has 0 radical (unpaired) electrons. The fourth-order valence-corrected chi connectivity index (χ4v) is 9.23. The second kappa shape index (κ2) is 15.0. The van der Waals surface area contributed by atoms with Gasteiger partial charge in [-0.25, -0.2) is 14.8 Å². The Morgan fingerprint density at radius 2 is 1.96 bits per heavy atom. The van der Waals surface area contributed by atoms with Crippen LogP contribution in [0.15, 0.2) is 70.4 Å². The predicted molar refractivity (Wildman–Crippen MR) is 181 cm³/mol. The molecule has 0 spiro atoms. The van der Waals surface area contributed by atoms with Gasteiger partial charge in [0.25, 0.3) is 0 Å². The number of methoxy groups -OCH3 is 1. The molecule has 0 bridgehead atoms. The molecule has 4 aromatic rings. The lowest BCUT2D eigenvalue weighted by atomic mass is 9.99. The molecule has 47 heavy (non-hydrogen) atoms. The third-order valence-corrected chi connectivity index (χ3v) is 11.6. The van der Waals surface area contributed by atoms with Gasteiger partial charge >= 0.3 is 17.6 Å². The van der Waals surface area contributed by atoms with E-state index in [9.17, 15) is 24.4 Å². The van der Waals surface area contributed by atoms with Gasteiger partial charge in [0.1, 0.15) is 23.8 Å². The number of hydroxylamine groups is 1. The third kappa shape index (κ3) is 7.59. The summed E-state index contributed by atoms with van der Waals surface area (Å²) >= 11 is 2.53. The maximum Gasteiger partial charge on any atom is 0.340 e. The van der Waals surface area contributed by atoms with Gasteiger partial charge in [0, 0.05) is 5.38 Å². The highest BCUT2D eigenvalue weighted by Gasteiger charge is 2.55. The Labute approximate surface area is 285 Å². The SMILES string of the molecule is C=C(C)C(C(=O)OCc1ccc(OC)cc1)N1C(=O)C(NC(=O)C(c2csc(NC=O)n2)=[N+](C)O)[C@@H]1SSc1nc2ccccc2s1. The minimum Gasteiger partial charge on any atom is -0.497 e. The molecule has 13 nitrogen and oxygen atoms in total. The zero-order valence-electron chi connectivity index (χ0n) is 25.2. The number of para-hydroxylation sites is 1. The average Bonchev–Trinajstić information content (AvgIpc) is 3.69. The molecule has 1 aliphatic heterocycles. The van der Waals surface area contributed by atoms with E-state index in [4.69, 9.17) is 9.47 Å². The minimum atomic E-state index is -1.14. The summed E-state index contributed by atoms with van der Waals surface area (Å²) in [6.45, 7) is 5.55. The highest BCUT2D eigenvalue weighted by molar-refractivity contribution is 8.77.